The van der Waals surface area contributed by atoms with Crippen LogP contribution in [0.4, 0.5) is 5.69 Å². The molecule has 24 heavy (non-hydrogen) atoms. The number of benzene rings is 2. The highest BCUT2D eigenvalue weighted by atomic mass is 16.5. The first kappa shape index (κ1) is 17.5. The van der Waals surface area contributed by atoms with Crippen LogP contribution >= 0.6 is 0 Å². The van der Waals surface area contributed by atoms with Gasteiger partial charge in [0.05, 0.1) is 13.0 Å². The highest BCUT2D eigenvalue weighted by Crippen LogP contribution is 2.13. The summed E-state index contributed by atoms with van der Waals surface area (Å²) in [5.41, 5.74) is 2.41. The van der Waals surface area contributed by atoms with Crippen molar-refractivity contribution in [2.24, 2.45) is 0 Å². The number of carbonyl (C=O) groups is 2. The van der Waals surface area contributed by atoms with Gasteiger partial charge in [0.15, 0.2) is 0 Å². The molecule has 0 spiro atoms. The van der Waals surface area contributed by atoms with E-state index in [1.54, 1.807) is 38.4 Å². The molecule has 126 valence electrons. The minimum atomic E-state index is -0.131. The van der Waals surface area contributed by atoms with Crippen molar-refractivity contribution in [2.75, 3.05) is 26.0 Å². The maximum absolute atomic E-state index is 11.9. The van der Waals surface area contributed by atoms with Crippen LogP contribution in [-0.2, 0) is 4.79 Å². The van der Waals surface area contributed by atoms with Crippen LogP contribution in [0.1, 0.15) is 22.3 Å². The molecule has 2 aromatic carbocycles. The fourth-order valence-corrected chi connectivity index (χ4v) is 2.07. The summed E-state index contributed by atoms with van der Waals surface area (Å²) in [6, 6.07) is 14.5. The molecule has 1 N–H and O–H groups in total. The Bertz CT molecular complexity index is 692. The molecule has 0 aliphatic carbocycles. The molecular weight excluding hydrogens is 304 g/mol. The molecule has 0 aliphatic heterocycles. The normalized spacial score (nSPS) is 10.1. The molecule has 0 aliphatic rings. The van der Waals surface area contributed by atoms with Crippen molar-refractivity contribution in [1.82, 2.24) is 4.90 Å². The van der Waals surface area contributed by atoms with Crippen molar-refractivity contribution in [1.29, 1.82) is 0 Å². The number of carbonyl (C=O) groups excluding carboxylic acids is 2. The maximum atomic E-state index is 11.9. The van der Waals surface area contributed by atoms with Crippen LogP contribution < -0.4 is 10.1 Å². The predicted molar refractivity (Wildman–Crippen MR) is 94.4 cm³/mol. The minimum absolute atomic E-state index is 0.0700. The Labute approximate surface area is 142 Å². The average molecular weight is 326 g/mol. The zero-order chi connectivity index (χ0) is 17.5. The van der Waals surface area contributed by atoms with Gasteiger partial charge in [-0.25, -0.2) is 0 Å². The Hall–Kier alpha value is -2.82. The second kappa shape index (κ2) is 8.15. The first-order valence-corrected chi connectivity index (χ1v) is 7.77. The number of nitrogens with zero attached hydrogens (tertiary/aromatic N) is 1. The summed E-state index contributed by atoms with van der Waals surface area (Å²) in [6.45, 7) is 2.32. The number of nitrogens with one attached hydrogen (secondary N) is 1. The molecule has 5 nitrogen and oxygen atoms in total. The summed E-state index contributed by atoms with van der Waals surface area (Å²) in [5.74, 6) is 0.549. The molecule has 0 saturated heterocycles. The number of aryl methyl sites for hydroxylation is 1. The SMILES string of the molecule is Cc1ccc(OCCC(=O)Nc2ccc(C(=O)N(C)C)cc2)cc1. The number of amides is 2. The standard InChI is InChI=1S/C19H22N2O3/c1-14-4-10-17(11-5-14)24-13-12-18(22)20-16-8-6-15(7-9-16)19(23)21(2)3/h4-11H,12-13H2,1-3H3,(H,20,22). The maximum Gasteiger partial charge on any atom is 0.253 e. The topological polar surface area (TPSA) is 58.6 Å². The zero-order valence-corrected chi connectivity index (χ0v) is 14.2. The second-order valence-corrected chi connectivity index (χ2v) is 5.74. The first-order valence-electron chi connectivity index (χ1n) is 7.77. The summed E-state index contributed by atoms with van der Waals surface area (Å²) in [7, 11) is 3.40. The van der Waals surface area contributed by atoms with E-state index in [9.17, 15) is 9.59 Å². The fraction of sp³-hybridized carbons (Fsp3) is 0.263. The Morgan fingerprint density at radius 1 is 1.00 bits per heavy atom. The third kappa shape index (κ3) is 5.12. The number of hydrogen-bond acceptors (Lipinski definition) is 3. The number of hydrogen-bond donors (Lipinski definition) is 1. The van der Waals surface area contributed by atoms with E-state index in [-0.39, 0.29) is 18.2 Å². The molecule has 0 saturated carbocycles. The molecule has 2 rings (SSSR count). The van der Waals surface area contributed by atoms with Gasteiger partial charge in [-0.15, -0.1) is 0 Å². The number of rotatable bonds is 6. The van der Waals surface area contributed by atoms with Crippen molar-refractivity contribution in [3.63, 3.8) is 0 Å². The van der Waals surface area contributed by atoms with Crippen LogP contribution in [0.15, 0.2) is 48.5 Å². The van der Waals surface area contributed by atoms with Gasteiger partial charge in [0.25, 0.3) is 5.91 Å². The lowest BCUT2D eigenvalue weighted by Gasteiger charge is -2.11. The van der Waals surface area contributed by atoms with Crippen LogP contribution in [0.3, 0.4) is 0 Å². The largest absolute Gasteiger partial charge is 0.493 e. The molecular formula is C19H22N2O3. The van der Waals surface area contributed by atoms with Crippen LogP contribution in [0.2, 0.25) is 0 Å². The van der Waals surface area contributed by atoms with Gasteiger partial charge < -0.3 is 15.0 Å². The Balaban J connectivity index is 1.79. The molecule has 0 unspecified atom stereocenters. The lowest BCUT2D eigenvalue weighted by molar-refractivity contribution is -0.116. The number of ether oxygens (including phenoxy) is 1. The predicted octanol–water partition coefficient (Wildman–Crippen LogP) is 3.10. The van der Waals surface area contributed by atoms with Gasteiger partial charge in [-0.05, 0) is 43.3 Å². The van der Waals surface area contributed by atoms with E-state index < -0.39 is 0 Å². The van der Waals surface area contributed by atoms with Crippen molar-refractivity contribution in [2.45, 2.75) is 13.3 Å². The van der Waals surface area contributed by atoms with Crippen LogP contribution in [-0.4, -0.2) is 37.4 Å². The van der Waals surface area contributed by atoms with E-state index in [0.717, 1.165) is 11.3 Å². The van der Waals surface area contributed by atoms with Crippen molar-refractivity contribution in [3.8, 4) is 5.75 Å². The van der Waals surface area contributed by atoms with Crippen LogP contribution in [0.5, 0.6) is 5.75 Å². The van der Waals surface area contributed by atoms with E-state index >= 15 is 0 Å². The quantitative estimate of drug-likeness (QED) is 0.887. The van der Waals surface area contributed by atoms with E-state index in [0.29, 0.717) is 17.9 Å². The summed E-state index contributed by atoms with van der Waals surface area (Å²) < 4.78 is 5.54. The van der Waals surface area contributed by atoms with Crippen LogP contribution in [0.25, 0.3) is 0 Å². The molecule has 0 radical (unpaired) electrons. The fourth-order valence-electron chi connectivity index (χ4n) is 2.07. The Kier molecular flexibility index (Phi) is 5.95. The van der Waals surface area contributed by atoms with E-state index in [2.05, 4.69) is 5.32 Å². The van der Waals surface area contributed by atoms with Gasteiger partial charge in [0.1, 0.15) is 5.75 Å². The van der Waals surface area contributed by atoms with Crippen molar-refractivity contribution >= 4 is 17.5 Å². The van der Waals surface area contributed by atoms with E-state index in [1.807, 2.05) is 31.2 Å². The van der Waals surface area contributed by atoms with Gasteiger partial charge in [-0.1, -0.05) is 17.7 Å². The van der Waals surface area contributed by atoms with Gasteiger partial charge in [0, 0.05) is 25.3 Å². The summed E-state index contributed by atoms with van der Waals surface area (Å²) in [5, 5.41) is 2.79. The molecule has 2 amide bonds. The molecule has 0 bridgehead atoms. The van der Waals surface area contributed by atoms with Crippen LogP contribution in [0, 0.1) is 6.92 Å². The highest BCUT2D eigenvalue weighted by Gasteiger charge is 2.08. The van der Waals surface area contributed by atoms with Crippen molar-refractivity contribution in [3.05, 3.63) is 59.7 Å². The van der Waals surface area contributed by atoms with Gasteiger partial charge in [-0.2, -0.15) is 0 Å². The summed E-state index contributed by atoms with van der Waals surface area (Å²) in [6.07, 6.45) is 0.256. The van der Waals surface area contributed by atoms with E-state index in [4.69, 9.17) is 4.74 Å². The minimum Gasteiger partial charge on any atom is -0.493 e. The first-order chi connectivity index (χ1) is 11.5. The summed E-state index contributed by atoms with van der Waals surface area (Å²) in [4.78, 5) is 25.2. The lowest BCUT2D eigenvalue weighted by atomic mass is 10.2. The third-order valence-electron chi connectivity index (χ3n) is 3.44. The molecule has 0 heterocycles. The Morgan fingerprint density at radius 2 is 1.62 bits per heavy atom. The molecule has 0 atom stereocenters. The number of anilines is 1. The summed E-state index contributed by atoms with van der Waals surface area (Å²) >= 11 is 0. The third-order valence-corrected chi connectivity index (χ3v) is 3.44. The molecule has 0 aromatic heterocycles. The highest BCUT2D eigenvalue weighted by molar-refractivity contribution is 5.95. The molecule has 5 heteroatoms. The lowest BCUT2D eigenvalue weighted by Crippen LogP contribution is -2.21. The smallest absolute Gasteiger partial charge is 0.253 e. The van der Waals surface area contributed by atoms with Gasteiger partial charge in [-0.3, -0.25) is 9.59 Å². The van der Waals surface area contributed by atoms with E-state index in [1.165, 1.54) is 4.90 Å². The Morgan fingerprint density at radius 3 is 2.21 bits per heavy atom. The monoisotopic (exact) mass is 326 g/mol. The average Bonchev–Trinajstić information content (AvgIpc) is 2.56. The molecule has 0 fully saturated rings. The van der Waals surface area contributed by atoms with Gasteiger partial charge >= 0.3 is 0 Å². The van der Waals surface area contributed by atoms with Crippen molar-refractivity contribution < 1.29 is 14.3 Å². The van der Waals surface area contributed by atoms with Gasteiger partial charge in [0.2, 0.25) is 5.91 Å². The second-order valence-electron chi connectivity index (χ2n) is 5.74. The zero-order valence-electron chi connectivity index (χ0n) is 14.2. The molecule has 2 aromatic rings.